The van der Waals surface area contributed by atoms with Crippen molar-refractivity contribution in [1.29, 1.82) is 0 Å². The van der Waals surface area contributed by atoms with E-state index in [0.717, 1.165) is 23.8 Å². The molecular formula is C25H15F6N3O3. The van der Waals surface area contributed by atoms with Gasteiger partial charge in [-0.15, -0.1) is 0 Å². The molecular weight excluding hydrogens is 504 g/mol. The van der Waals surface area contributed by atoms with Crippen molar-refractivity contribution >= 4 is 0 Å². The van der Waals surface area contributed by atoms with Crippen molar-refractivity contribution in [2.24, 2.45) is 0 Å². The fraction of sp³-hybridized carbons (Fsp3) is 0.160. The van der Waals surface area contributed by atoms with E-state index in [4.69, 9.17) is 9.47 Å². The van der Waals surface area contributed by atoms with Gasteiger partial charge in [-0.1, -0.05) is 0 Å². The molecule has 1 aliphatic rings. The summed E-state index contributed by atoms with van der Waals surface area (Å²) in [6.07, 6.45) is -3.68. The first-order valence-electron chi connectivity index (χ1n) is 10.8. The van der Waals surface area contributed by atoms with Crippen LogP contribution in [0.4, 0.5) is 26.3 Å². The van der Waals surface area contributed by atoms with Gasteiger partial charge in [-0.25, -0.2) is 22.9 Å². The van der Waals surface area contributed by atoms with Crippen molar-refractivity contribution < 1.29 is 35.8 Å². The zero-order valence-electron chi connectivity index (χ0n) is 18.7. The van der Waals surface area contributed by atoms with Gasteiger partial charge in [-0.2, -0.15) is 18.2 Å². The molecule has 0 saturated carbocycles. The summed E-state index contributed by atoms with van der Waals surface area (Å²) in [4.78, 5) is 19.7. The Morgan fingerprint density at radius 3 is 2.38 bits per heavy atom. The lowest BCUT2D eigenvalue weighted by Crippen LogP contribution is -2.28. The number of ether oxygens (including phenoxy) is 2. The lowest BCUT2D eigenvalue weighted by molar-refractivity contribution is -0.137. The molecule has 0 bridgehead atoms. The van der Waals surface area contributed by atoms with Crippen molar-refractivity contribution in [3.05, 3.63) is 99.4 Å². The third-order valence-corrected chi connectivity index (χ3v) is 5.65. The third kappa shape index (κ3) is 4.99. The Morgan fingerprint density at radius 2 is 1.70 bits per heavy atom. The lowest BCUT2D eigenvalue weighted by atomic mass is 9.98. The smallest absolute Gasteiger partial charge is 0.417 e. The maximum atomic E-state index is 14.6. The summed E-state index contributed by atoms with van der Waals surface area (Å²) in [5.41, 5.74) is 0.240. The molecule has 0 unspecified atom stereocenters. The monoisotopic (exact) mass is 519 g/mol. The molecule has 1 aliphatic heterocycles. The van der Waals surface area contributed by atoms with E-state index in [0.29, 0.717) is 36.5 Å². The van der Waals surface area contributed by atoms with Crippen LogP contribution in [-0.2, 0) is 25.7 Å². The van der Waals surface area contributed by atoms with Crippen LogP contribution < -0.4 is 15.2 Å². The second kappa shape index (κ2) is 9.26. The van der Waals surface area contributed by atoms with Crippen LogP contribution in [0.3, 0.4) is 0 Å². The quantitative estimate of drug-likeness (QED) is 0.318. The van der Waals surface area contributed by atoms with Gasteiger partial charge in [0.25, 0.3) is 0 Å². The zero-order valence-corrected chi connectivity index (χ0v) is 18.7. The van der Waals surface area contributed by atoms with Gasteiger partial charge in [0.1, 0.15) is 12.4 Å². The maximum Gasteiger partial charge on any atom is 0.417 e. The van der Waals surface area contributed by atoms with E-state index in [-0.39, 0.29) is 18.1 Å². The molecule has 12 heteroatoms. The minimum Gasteiger partial charge on any atom is -0.473 e. The number of alkyl halides is 3. The Bertz CT molecular complexity index is 1530. The summed E-state index contributed by atoms with van der Waals surface area (Å²) in [5, 5.41) is 0. The molecule has 0 amide bonds. The van der Waals surface area contributed by atoms with Crippen LogP contribution in [0.2, 0.25) is 0 Å². The minimum atomic E-state index is -4.62. The molecule has 0 N–H and O–H groups in total. The predicted molar refractivity (Wildman–Crippen MR) is 118 cm³/mol. The van der Waals surface area contributed by atoms with Crippen LogP contribution in [0.1, 0.15) is 16.7 Å². The average molecular weight is 519 g/mol. The maximum absolute atomic E-state index is 14.6. The lowest BCUT2D eigenvalue weighted by Gasteiger charge is -2.21. The van der Waals surface area contributed by atoms with Crippen molar-refractivity contribution in [2.75, 3.05) is 0 Å². The summed E-state index contributed by atoms with van der Waals surface area (Å²) in [7, 11) is 0. The molecule has 0 aliphatic carbocycles. The van der Waals surface area contributed by atoms with Gasteiger partial charge in [0.2, 0.25) is 17.5 Å². The summed E-state index contributed by atoms with van der Waals surface area (Å²) in [6, 6.07) is 9.02. The molecule has 2 aromatic carbocycles. The SMILES string of the molecule is O=c1nc(OCc2cc(F)c(Oc3ccc(C(F)(F)F)cn3)c(F)c2)cc2n1CCc1cc(F)ccc1-2. The van der Waals surface area contributed by atoms with Gasteiger partial charge < -0.3 is 9.47 Å². The predicted octanol–water partition coefficient (Wildman–Crippen LogP) is 5.67. The standard InChI is InChI=1S/C25H15F6N3O3/c26-16-2-3-17-14(9-16)5-6-34-20(17)10-22(33-24(34)35)36-12-13-7-18(27)23(19(28)8-13)37-21-4-1-15(11-32-21)25(29,30)31/h1-4,7-11H,5-6,12H2. The number of aromatic nitrogens is 3. The fourth-order valence-corrected chi connectivity index (χ4v) is 3.91. The highest BCUT2D eigenvalue weighted by Crippen LogP contribution is 2.33. The van der Waals surface area contributed by atoms with E-state index in [1.807, 2.05) is 0 Å². The zero-order chi connectivity index (χ0) is 26.3. The van der Waals surface area contributed by atoms with Gasteiger partial charge in [0, 0.05) is 30.4 Å². The molecule has 6 nitrogen and oxygen atoms in total. The highest BCUT2D eigenvalue weighted by atomic mass is 19.4. The Hall–Kier alpha value is -4.35. The van der Waals surface area contributed by atoms with E-state index in [1.54, 1.807) is 6.07 Å². The molecule has 0 spiro atoms. The first-order chi connectivity index (χ1) is 17.6. The van der Waals surface area contributed by atoms with E-state index < -0.39 is 46.5 Å². The Kier molecular flexibility index (Phi) is 6.10. The number of rotatable bonds is 5. The van der Waals surface area contributed by atoms with Crippen LogP contribution in [0, 0.1) is 17.5 Å². The molecule has 0 atom stereocenters. The highest BCUT2D eigenvalue weighted by molar-refractivity contribution is 5.66. The second-order valence-corrected chi connectivity index (χ2v) is 8.13. The summed E-state index contributed by atoms with van der Waals surface area (Å²) < 4.78 is 92.6. The number of aryl methyl sites for hydroxylation is 1. The summed E-state index contributed by atoms with van der Waals surface area (Å²) in [6.45, 7) is -0.0532. The largest absolute Gasteiger partial charge is 0.473 e. The molecule has 3 heterocycles. The first kappa shape index (κ1) is 24.3. The molecule has 37 heavy (non-hydrogen) atoms. The molecule has 5 rings (SSSR count). The number of fused-ring (bicyclic) bond motifs is 3. The van der Waals surface area contributed by atoms with E-state index in [2.05, 4.69) is 9.97 Å². The summed E-state index contributed by atoms with van der Waals surface area (Å²) >= 11 is 0. The number of pyridine rings is 1. The number of nitrogens with zero attached hydrogens (tertiary/aromatic N) is 3. The summed E-state index contributed by atoms with van der Waals surface area (Å²) in [5.74, 6) is -4.07. The number of hydrogen-bond donors (Lipinski definition) is 0. The van der Waals surface area contributed by atoms with Crippen molar-refractivity contribution in [1.82, 2.24) is 14.5 Å². The first-order valence-corrected chi connectivity index (χ1v) is 10.8. The van der Waals surface area contributed by atoms with Crippen LogP contribution in [0.25, 0.3) is 11.3 Å². The molecule has 190 valence electrons. The molecule has 4 aromatic rings. The number of hydrogen-bond acceptors (Lipinski definition) is 5. The van der Waals surface area contributed by atoms with Crippen LogP contribution in [-0.4, -0.2) is 14.5 Å². The molecule has 0 saturated heterocycles. The number of halogens is 6. The van der Waals surface area contributed by atoms with E-state index >= 15 is 0 Å². The highest BCUT2D eigenvalue weighted by Gasteiger charge is 2.31. The van der Waals surface area contributed by atoms with Crippen molar-refractivity contribution in [2.45, 2.75) is 25.7 Å². The van der Waals surface area contributed by atoms with Crippen LogP contribution in [0.15, 0.2) is 59.5 Å². The van der Waals surface area contributed by atoms with Gasteiger partial charge >= 0.3 is 11.9 Å². The number of benzene rings is 2. The van der Waals surface area contributed by atoms with Gasteiger partial charge in [-0.3, -0.25) is 4.57 Å². The minimum absolute atomic E-state index is 0.0322. The van der Waals surface area contributed by atoms with Crippen LogP contribution in [0.5, 0.6) is 17.5 Å². The van der Waals surface area contributed by atoms with Gasteiger partial charge in [0.05, 0.1) is 11.3 Å². The molecule has 0 radical (unpaired) electrons. The van der Waals surface area contributed by atoms with Gasteiger partial charge in [0.15, 0.2) is 11.6 Å². The van der Waals surface area contributed by atoms with Crippen molar-refractivity contribution in [3.63, 3.8) is 0 Å². The van der Waals surface area contributed by atoms with Crippen molar-refractivity contribution in [3.8, 4) is 28.8 Å². The van der Waals surface area contributed by atoms with Gasteiger partial charge in [-0.05, 0) is 53.9 Å². The normalized spacial score (nSPS) is 12.6. The molecule has 0 fully saturated rings. The third-order valence-electron chi connectivity index (χ3n) is 5.65. The Morgan fingerprint density at radius 1 is 0.946 bits per heavy atom. The second-order valence-electron chi connectivity index (χ2n) is 8.13. The Balaban J connectivity index is 1.34. The van der Waals surface area contributed by atoms with Crippen LogP contribution >= 0.6 is 0 Å². The Labute approximate surface area is 204 Å². The van der Waals surface area contributed by atoms with E-state index in [1.165, 1.54) is 22.8 Å². The average Bonchev–Trinajstić information content (AvgIpc) is 2.84. The molecule has 2 aromatic heterocycles. The fourth-order valence-electron chi connectivity index (χ4n) is 3.91. The van der Waals surface area contributed by atoms with E-state index in [9.17, 15) is 31.1 Å². The topological polar surface area (TPSA) is 66.2 Å².